The smallest absolute Gasteiger partial charge is 0.270 e. The molecule has 0 atom stereocenters. The van der Waals surface area contributed by atoms with E-state index in [0.717, 1.165) is 11.6 Å². The van der Waals surface area contributed by atoms with Gasteiger partial charge in [-0.1, -0.05) is 23.2 Å². The number of hydrogen-bond acceptors (Lipinski definition) is 3. The van der Waals surface area contributed by atoms with Crippen molar-refractivity contribution in [3.63, 3.8) is 0 Å². The van der Waals surface area contributed by atoms with Crippen molar-refractivity contribution >= 4 is 40.5 Å². The van der Waals surface area contributed by atoms with Crippen molar-refractivity contribution in [3.05, 3.63) is 67.7 Å². The van der Waals surface area contributed by atoms with Crippen LogP contribution in [-0.4, -0.2) is 10.8 Å². The Morgan fingerprint density at radius 3 is 2.48 bits per heavy atom. The number of halogens is 2. The molecule has 0 bridgehead atoms. The van der Waals surface area contributed by atoms with E-state index in [1.54, 1.807) is 25.1 Å². The Bertz CT molecular complexity index is 732. The van der Waals surface area contributed by atoms with Gasteiger partial charge in [0.05, 0.1) is 15.5 Å². The highest BCUT2D eigenvalue weighted by Gasteiger charge is 2.15. The number of aryl methyl sites for hydroxylation is 1. The summed E-state index contributed by atoms with van der Waals surface area (Å²) in [5, 5.41) is 13.9. The second-order valence-corrected chi connectivity index (χ2v) is 5.18. The largest absolute Gasteiger partial charge is 0.322 e. The summed E-state index contributed by atoms with van der Waals surface area (Å²) in [6.07, 6.45) is 0. The van der Waals surface area contributed by atoms with E-state index in [4.69, 9.17) is 23.2 Å². The number of amides is 1. The quantitative estimate of drug-likeness (QED) is 0.669. The maximum Gasteiger partial charge on any atom is 0.270 e. The predicted octanol–water partition coefficient (Wildman–Crippen LogP) is 4.46. The first-order valence-electron chi connectivity index (χ1n) is 5.90. The molecule has 0 aliphatic carbocycles. The summed E-state index contributed by atoms with van der Waals surface area (Å²) >= 11 is 11.8. The molecule has 2 aromatic carbocycles. The number of benzene rings is 2. The Kier molecular flexibility index (Phi) is 4.45. The first-order chi connectivity index (χ1) is 9.88. The van der Waals surface area contributed by atoms with Gasteiger partial charge in [0.2, 0.25) is 0 Å². The summed E-state index contributed by atoms with van der Waals surface area (Å²) in [6.45, 7) is 1.80. The van der Waals surface area contributed by atoms with Crippen LogP contribution in [0.2, 0.25) is 10.0 Å². The molecule has 0 saturated carbocycles. The van der Waals surface area contributed by atoms with E-state index in [-0.39, 0.29) is 16.3 Å². The number of carbonyl (C=O) groups excluding carboxylic acids is 1. The van der Waals surface area contributed by atoms with Gasteiger partial charge in [0.15, 0.2) is 0 Å². The van der Waals surface area contributed by atoms with Crippen molar-refractivity contribution < 1.29 is 9.72 Å². The number of hydrogen-bond donors (Lipinski definition) is 1. The molecule has 108 valence electrons. The van der Waals surface area contributed by atoms with Crippen LogP contribution in [0.3, 0.4) is 0 Å². The molecule has 0 radical (unpaired) electrons. The summed E-state index contributed by atoms with van der Waals surface area (Å²) in [5.41, 5.74) is 1.39. The molecule has 0 unspecified atom stereocenters. The summed E-state index contributed by atoms with van der Waals surface area (Å²) in [4.78, 5) is 22.2. The number of nitro benzene ring substituents is 1. The minimum atomic E-state index is -0.573. The molecule has 21 heavy (non-hydrogen) atoms. The second-order valence-electron chi connectivity index (χ2n) is 4.33. The van der Waals surface area contributed by atoms with Crippen molar-refractivity contribution in [2.45, 2.75) is 6.92 Å². The number of carbonyl (C=O) groups is 1. The van der Waals surface area contributed by atoms with Gasteiger partial charge in [-0.25, -0.2) is 0 Å². The van der Waals surface area contributed by atoms with Gasteiger partial charge in [0.1, 0.15) is 0 Å². The zero-order valence-electron chi connectivity index (χ0n) is 10.9. The van der Waals surface area contributed by atoms with Crippen molar-refractivity contribution in [2.24, 2.45) is 0 Å². The van der Waals surface area contributed by atoms with Crippen molar-refractivity contribution in [1.82, 2.24) is 0 Å². The molecule has 0 aliphatic rings. The SMILES string of the molecule is Cc1cc(Cl)ccc1NC(=O)c1ccc([N+](=O)[O-])cc1Cl. The molecule has 1 amide bonds. The van der Waals surface area contributed by atoms with E-state index in [1.165, 1.54) is 12.1 Å². The lowest BCUT2D eigenvalue weighted by Gasteiger charge is -2.09. The molecule has 0 fully saturated rings. The Morgan fingerprint density at radius 1 is 1.19 bits per heavy atom. The Morgan fingerprint density at radius 2 is 1.90 bits per heavy atom. The molecular formula is C14H10Cl2N2O3. The van der Waals surface area contributed by atoms with Gasteiger partial charge in [0.25, 0.3) is 11.6 Å². The van der Waals surface area contributed by atoms with Crippen molar-refractivity contribution in [3.8, 4) is 0 Å². The van der Waals surface area contributed by atoms with Crippen LogP contribution in [0.4, 0.5) is 11.4 Å². The third-order valence-electron chi connectivity index (χ3n) is 2.84. The minimum Gasteiger partial charge on any atom is -0.322 e. The number of non-ortho nitro benzene ring substituents is 1. The van der Waals surface area contributed by atoms with E-state index in [2.05, 4.69) is 5.32 Å². The van der Waals surface area contributed by atoms with Crippen LogP contribution >= 0.6 is 23.2 Å². The van der Waals surface area contributed by atoms with Gasteiger partial charge < -0.3 is 5.32 Å². The fourth-order valence-electron chi connectivity index (χ4n) is 1.76. The normalized spacial score (nSPS) is 10.2. The highest BCUT2D eigenvalue weighted by atomic mass is 35.5. The minimum absolute atomic E-state index is 0.0216. The Balaban J connectivity index is 2.26. The highest BCUT2D eigenvalue weighted by molar-refractivity contribution is 6.34. The fraction of sp³-hybridized carbons (Fsp3) is 0.0714. The van der Waals surface area contributed by atoms with Gasteiger partial charge in [-0.3, -0.25) is 14.9 Å². The van der Waals surface area contributed by atoms with Crippen LogP contribution in [0.15, 0.2) is 36.4 Å². The van der Waals surface area contributed by atoms with Crippen molar-refractivity contribution in [2.75, 3.05) is 5.32 Å². The van der Waals surface area contributed by atoms with E-state index < -0.39 is 10.8 Å². The number of rotatable bonds is 3. The molecule has 0 heterocycles. The number of nitrogens with one attached hydrogen (secondary N) is 1. The Labute approximate surface area is 130 Å². The lowest BCUT2D eigenvalue weighted by atomic mass is 10.1. The number of anilines is 1. The fourth-order valence-corrected chi connectivity index (χ4v) is 2.25. The van der Waals surface area contributed by atoms with E-state index in [9.17, 15) is 14.9 Å². The standard InChI is InChI=1S/C14H10Cl2N2O3/c1-8-6-9(15)2-5-13(8)17-14(19)11-4-3-10(18(20)21)7-12(11)16/h2-7H,1H3,(H,17,19). The van der Waals surface area contributed by atoms with Gasteiger partial charge >= 0.3 is 0 Å². The van der Waals surface area contributed by atoms with Gasteiger partial charge in [-0.15, -0.1) is 0 Å². The molecule has 0 aromatic heterocycles. The van der Waals surface area contributed by atoms with Crippen LogP contribution in [0.25, 0.3) is 0 Å². The molecule has 1 N–H and O–H groups in total. The van der Waals surface area contributed by atoms with Crippen molar-refractivity contribution in [1.29, 1.82) is 0 Å². The summed E-state index contributed by atoms with van der Waals surface area (Å²) in [6, 6.07) is 8.74. The second kappa shape index (κ2) is 6.11. The van der Waals surface area contributed by atoms with Gasteiger partial charge in [0, 0.05) is 22.8 Å². The molecule has 2 aromatic rings. The monoisotopic (exact) mass is 324 g/mol. The summed E-state index contributed by atoms with van der Waals surface area (Å²) in [5.74, 6) is -0.444. The van der Waals surface area contributed by atoms with Crippen LogP contribution in [0.1, 0.15) is 15.9 Å². The average molecular weight is 325 g/mol. The van der Waals surface area contributed by atoms with Crippen LogP contribution in [-0.2, 0) is 0 Å². The van der Waals surface area contributed by atoms with Gasteiger partial charge in [-0.05, 0) is 36.8 Å². The first kappa shape index (κ1) is 15.3. The van der Waals surface area contributed by atoms with E-state index in [1.807, 2.05) is 0 Å². The molecule has 5 nitrogen and oxygen atoms in total. The van der Waals surface area contributed by atoms with E-state index in [0.29, 0.717) is 10.7 Å². The molecule has 0 aliphatic heterocycles. The molecule has 7 heteroatoms. The van der Waals surface area contributed by atoms with Crippen LogP contribution in [0.5, 0.6) is 0 Å². The zero-order valence-corrected chi connectivity index (χ0v) is 12.4. The summed E-state index contributed by atoms with van der Waals surface area (Å²) in [7, 11) is 0. The first-order valence-corrected chi connectivity index (χ1v) is 6.65. The van der Waals surface area contributed by atoms with E-state index >= 15 is 0 Å². The third kappa shape index (κ3) is 3.51. The molecule has 0 saturated heterocycles. The lowest BCUT2D eigenvalue weighted by Crippen LogP contribution is -2.13. The van der Waals surface area contributed by atoms with Crippen LogP contribution < -0.4 is 5.32 Å². The Hall–Kier alpha value is -2.11. The highest BCUT2D eigenvalue weighted by Crippen LogP contribution is 2.25. The van der Waals surface area contributed by atoms with Crippen LogP contribution in [0, 0.1) is 17.0 Å². The third-order valence-corrected chi connectivity index (χ3v) is 3.39. The molecule has 2 rings (SSSR count). The maximum atomic E-state index is 12.2. The topological polar surface area (TPSA) is 72.2 Å². The zero-order chi connectivity index (χ0) is 15.6. The predicted molar refractivity (Wildman–Crippen MR) is 82.2 cm³/mol. The van der Waals surface area contributed by atoms with Gasteiger partial charge in [-0.2, -0.15) is 0 Å². The lowest BCUT2D eigenvalue weighted by molar-refractivity contribution is -0.384. The maximum absolute atomic E-state index is 12.2. The summed E-state index contributed by atoms with van der Waals surface area (Å²) < 4.78 is 0. The number of nitrogens with zero attached hydrogens (tertiary/aromatic N) is 1. The average Bonchev–Trinajstić information content (AvgIpc) is 2.41. The molecular weight excluding hydrogens is 315 g/mol. The molecule has 0 spiro atoms. The number of nitro groups is 1.